The van der Waals surface area contributed by atoms with Crippen LogP contribution in [0.5, 0.6) is 5.75 Å². The number of phenolic OH excluding ortho intramolecular Hbond substituents is 1. The Morgan fingerprint density at radius 2 is 1.88 bits per heavy atom. The van der Waals surface area contributed by atoms with Gasteiger partial charge in [0.15, 0.2) is 0 Å². The highest BCUT2D eigenvalue weighted by Gasteiger charge is 2.23. The van der Waals surface area contributed by atoms with Crippen LogP contribution in [0.15, 0.2) is 12.1 Å². The summed E-state index contributed by atoms with van der Waals surface area (Å²) in [4.78, 5) is 23.0. The molecule has 1 aromatic carbocycles. The Kier molecular flexibility index (Phi) is 3.42. The summed E-state index contributed by atoms with van der Waals surface area (Å²) in [6.45, 7) is 4.63. The van der Waals surface area contributed by atoms with Crippen LogP contribution in [0.1, 0.15) is 29.8 Å². The number of benzene rings is 1. The number of phenols is 1. The fraction of sp³-hybridized carbons (Fsp3) is 0.333. The largest absolute Gasteiger partial charge is 0.508 e. The zero-order valence-electron chi connectivity index (χ0n) is 9.37. The van der Waals surface area contributed by atoms with Crippen LogP contribution >= 0.6 is 0 Å². The molecule has 0 heterocycles. The van der Waals surface area contributed by atoms with E-state index >= 15 is 0 Å². The van der Waals surface area contributed by atoms with E-state index in [0.29, 0.717) is 5.56 Å². The minimum atomic E-state index is -0.900. The first kappa shape index (κ1) is 12.4. The molecule has 0 unspecified atom stereocenters. The number of ketones is 2. The Morgan fingerprint density at radius 1 is 1.31 bits per heavy atom. The summed E-state index contributed by atoms with van der Waals surface area (Å²) in [5.74, 6) is -3.03. The van der Waals surface area contributed by atoms with Crippen molar-refractivity contribution in [3.8, 4) is 5.75 Å². The standard InChI is InChI=1S/C12H13FO3/c1-6(2)11(15)12(16)8-5-10(14)7(3)4-9(8)13/h4-6,14H,1-3H3. The summed E-state index contributed by atoms with van der Waals surface area (Å²) in [5, 5.41) is 9.36. The summed E-state index contributed by atoms with van der Waals surface area (Å²) in [6.07, 6.45) is 0. The molecule has 3 nitrogen and oxygen atoms in total. The van der Waals surface area contributed by atoms with Gasteiger partial charge in [0.1, 0.15) is 11.6 Å². The number of hydrogen-bond acceptors (Lipinski definition) is 3. The molecular formula is C12H13FO3. The maximum absolute atomic E-state index is 13.4. The first-order valence-corrected chi connectivity index (χ1v) is 4.92. The van der Waals surface area contributed by atoms with Crippen molar-refractivity contribution in [3.05, 3.63) is 29.1 Å². The van der Waals surface area contributed by atoms with E-state index in [9.17, 15) is 19.1 Å². The molecular weight excluding hydrogens is 211 g/mol. The zero-order valence-corrected chi connectivity index (χ0v) is 9.37. The maximum Gasteiger partial charge on any atom is 0.231 e. The summed E-state index contributed by atoms with van der Waals surface area (Å²) < 4.78 is 13.4. The fourth-order valence-electron chi connectivity index (χ4n) is 1.23. The summed E-state index contributed by atoms with van der Waals surface area (Å²) >= 11 is 0. The molecule has 1 N–H and O–H groups in total. The average Bonchev–Trinajstić information content (AvgIpc) is 2.21. The second-order valence-corrected chi connectivity index (χ2v) is 3.97. The third-order valence-electron chi connectivity index (χ3n) is 2.28. The summed E-state index contributed by atoms with van der Waals surface area (Å²) in [6, 6.07) is 2.03. The highest BCUT2D eigenvalue weighted by Crippen LogP contribution is 2.22. The lowest BCUT2D eigenvalue weighted by Crippen LogP contribution is -2.20. The van der Waals surface area contributed by atoms with E-state index < -0.39 is 23.3 Å². The van der Waals surface area contributed by atoms with E-state index in [2.05, 4.69) is 0 Å². The molecule has 0 aliphatic carbocycles. The van der Waals surface area contributed by atoms with Gasteiger partial charge in [0, 0.05) is 5.92 Å². The van der Waals surface area contributed by atoms with Gasteiger partial charge in [-0.3, -0.25) is 9.59 Å². The lowest BCUT2D eigenvalue weighted by Gasteiger charge is -2.06. The molecule has 1 rings (SSSR count). The Labute approximate surface area is 92.9 Å². The lowest BCUT2D eigenvalue weighted by atomic mass is 9.98. The first-order chi connectivity index (χ1) is 7.34. The molecule has 0 aliphatic rings. The van der Waals surface area contributed by atoms with Crippen LogP contribution in [0.25, 0.3) is 0 Å². The topological polar surface area (TPSA) is 54.4 Å². The van der Waals surface area contributed by atoms with Gasteiger partial charge in [0.2, 0.25) is 11.6 Å². The number of Topliss-reactive ketones (excluding diaryl/α,β-unsaturated/α-hetero) is 2. The van der Waals surface area contributed by atoms with Gasteiger partial charge >= 0.3 is 0 Å². The van der Waals surface area contributed by atoms with Gasteiger partial charge in [-0.05, 0) is 24.6 Å². The van der Waals surface area contributed by atoms with Gasteiger partial charge in [0.05, 0.1) is 5.56 Å². The van der Waals surface area contributed by atoms with Crippen molar-refractivity contribution >= 4 is 11.6 Å². The fourth-order valence-corrected chi connectivity index (χ4v) is 1.23. The van der Waals surface area contributed by atoms with Gasteiger partial charge < -0.3 is 5.11 Å². The third-order valence-corrected chi connectivity index (χ3v) is 2.28. The molecule has 0 radical (unpaired) electrons. The van der Waals surface area contributed by atoms with Crippen molar-refractivity contribution in [2.24, 2.45) is 5.92 Å². The lowest BCUT2D eigenvalue weighted by molar-refractivity contribution is -0.117. The third kappa shape index (κ3) is 2.27. The second-order valence-electron chi connectivity index (χ2n) is 3.97. The molecule has 4 heteroatoms. The quantitative estimate of drug-likeness (QED) is 0.632. The number of aromatic hydroxyl groups is 1. The predicted octanol–water partition coefficient (Wildman–Crippen LogP) is 2.25. The van der Waals surface area contributed by atoms with E-state index in [-0.39, 0.29) is 11.3 Å². The molecule has 0 aromatic heterocycles. The van der Waals surface area contributed by atoms with Crippen molar-refractivity contribution in [1.29, 1.82) is 0 Å². The van der Waals surface area contributed by atoms with Crippen LogP contribution in [0.2, 0.25) is 0 Å². The number of carbonyl (C=O) groups excluding carboxylic acids is 2. The molecule has 0 atom stereocenters. The van der Waals surface area contributed by atoms with Crippen molar-refractivity contribution < 1.29 is 19.1 Å². The normalized spacial score (nSPS) is 10.6. The maximum atomic E-state index is 13.4. The van der Waals surface area contributed by atoms with E-state index in [1.807, 2.05) is 0 Å². The minimum absolute atomic E-state index is 0.193. The van der Waals surface area contributed by atoms with Crippen LogP contribution in [-0.2, 0) is 4.79 Å². The average molecular weight is 224 g/mol. The molecule has 0 aliphatic heterocycles. The van der Waals surface area contributed by atoms with Crippen molar-refractivity contribution in [1.82, 2.24) is 0 Å². The smallest absolute Gasteiger partial charge is 0.231 e. The van der Waals surface area contributed by atoms with Crippen molar-refractivity contribution in [3.63, 3.8) is 0 Å². The van der Waals surface area contributed by atoms with Crippen LogP contribution in [0.4, 0.5) is 4.39 Å². The molecule has 0 saturated carbocycles. The molecule has 1 aromatic rings. The van der Waals surface area contributed by atoms with Crippen molar-refractivity contribution in [2.75, 3.05) is 0 Å². The van der Waals surface area contributed by atoms with Crippen LogP contribution in [0, 0.1) is 18.7 Å². The van der Waals surface area contributed by atoms with E-state index in [4.69, 9.17) is 0 Å². The molecule has 16 heavy (non-hydrogen) atoms. The van der Waals surface area contributed by atoms with E-state index in [1.165, 1.54) is 6.92 Å². The van der Waals surface area contributed by atoms with Crippen LogP contribution in [-0.4, -0.2) is 16.7 Å². The Hall–Kier alpha value is -1.71. The number of rotatable bonds is 3. The van der Waals surface area contributed by atoms with Crippen LogP contribution < -0.4 is 0 Å². The Bertz CT molecular complexity index is 450. The molecule has 0 fully saturated rings. The zero-order chi connectivity index (χ0) is 12.5. The SMILES string of the molecule is Cc1cc(F)c(C(=O)C(=O)C(C)C)cc1O. The second kappa shape index (κ2) is 4.43. The van der Waals surface area contributed by atoms with Gasteiger partial charge in [-0.25, -0.2) is 4.39 Å². The van der Waals surface area contributed by atoms with Gasteiger partial charge in [-0.2, -0.15) is 0 Å². The first-order valence-electron chi connectivity index (χ1n) is 4.92. The van der Waals surface area contributed by atoms with E-state index in [0.717, 1.165) is 12.1 Å². The summed E-state index contributed by atoms with van der Waals surface area (Å²) in [5.41, 5.74) is -0.0483. The number of hydrogen-bond donors (Lipinski definition) is 1. The highest BCUT2D eigenvalue weighted by molar-refractivity contribution is 6.44. The Morgan fingerprint density at radius 3 is 2.38 bits per heavy atom. The molecule has 0 bridgehead atoms. The molecule has 0 saturated heterocycles. The summed E-state index contributed by atoms with van der Waals surface area (Å²) in [7, 11) is 0. The number of carbonyl (C=O) groups is 2. The monoisotopic (exact) mass is 224 g/mol. The number of aryl methyl sites for hydroxylation is 1. The van der Waals surface area contributed by atoms with Gasteiger partial charge in [-0.15, -0.1) is 0 Å². The van der Waals surface area contributed by atoms with Gasteiger partial charge in [0.25, 0.3) is 0 Å². The minimum Gasteiger partial charge on any atom is -0.508 e. The Balaban J connectivity index is 3.19. The number of halogens is 1. The molecule has 0 amide bonds. The van der Waals surface area contributed by atoms with Crippen molar-refractivity contribution in [2.45, 2.75) is 20.8 Å². The van der Waals surface area contributed by atoms with Crippen LogP contribution in [0.3, 0.4) is 0 Å². The predicted molar refractivity (Wildman–Crippen MR) is 57.0 cm³/mol. The van der Waals surface area contributed by atoms with Gasteiger partial charge in [-0.1, -0.05) is 13.8 Å². The molecule has 86 valence electrons. The highest BCUT2D eigenvalue weighted by atomic mass is 19.1. The van der Waals surface area contributed by atoms with E-state index in [1.54, 1.807) is 13.8 Å². The molecule has 0 spiro atoms.